The van der Waals surface area contributed by atoms with Crippen molar-refractivity contribution >= 4 is 0 Å². The number of nitrogens with one attached hydrogen (secondary N) is 1. The zero-order valence-electron chi connectivity index (χ0n) is 10.7. The Kier molecular flexibility index (Phi) is 3.27. The van der Waals surface area contributed by atoms with Crippen molar-refractivity contribution in [2.45, 2.75) is 36.8 Å². The van der Waals surface area contributed by atoms with Gasteiger partial charge in [0.2, 0.25) is 0 Å². The topological polar surface area (TPSA) is 52.5 Å². The van der Waals surface area contributed by atoms with Crippen LogP contribution in [-0.4, -0.2) is 34.5 Å². The minimum atomic E-state index is -1.74. The number of benzene rings is 1. The molecule has 1 aliphatic carbocycles. The molecule has 4 atom stereocenters. The average molecular weight is 287 g/mol. The molecular formula is C14H16F3NO2. The molecule has 1 saturated carbocycles. The first-order chi connectivity index (χ1) is 9.43. The predicted molar refractivity (Wildman–Crippen MR) is 65.7 cm³/mol. The highest BCUT2D eigenvalue weighted by Crippen LogP contribution is 2.52. The number of alkyl halides is 1. The zero-order valence-corrected chi connectivity index (χ0v) is 10.7. The van der Waals surface area contributed by atoms with Crippen LogP contribution >= 0.6 is 0 Å². The highest BCUT2D eigenvalue weighted by molar-refractivity contribution is 5.25. The first-order valence-corrected chi connectivity index (χ1v) is 6.64. The van der Waals surface area contributed by atoms with Crippen LogP contribution in [0.25, 0.3) is 0 Å². The van der Waals surface area contributed by atoms with E-state index in [2.05, 4.69) is 5.32 Å². The van der Waals surface area contributed by atoms with Crippen molar-refractivity contribution in [3.05, 3.63) is 35.4 Å². The van der Waals surface area contributed by atoms with Crippen LogP contribution in [0.5, 0.6) is 0 Å². The first kappa shape index (κ1) is 13.9. The zero-order chi connectivity index (χ0) is 14.5. The van der Waals surface area contributed by atoms with E-state index < -0.39 is 41.5 Å². The van der Waals surface area contributed by atoms with Crippen LogP contribution < -0.4 is 5.32 Å². The standard InChI is InChI=1S/C14H16F3NO2/c15-8-3-7(4-9(16)5-8)12(17)11-13(20)10(19)6-18-14(11)1-2-14/h3-5,10-13,18-20H,1-2,6H2. The highest BCUT2D eigenvalue weighted by atomic mass is 19.1. The fourth-order valence-corrected chi connectivity index (χ4v) is 3.15. The second-order valence-electron chi connectivity index (χ2n) is 5.73. The maximum absolute atomic E-state index is 14.7. The molecule has 1 heterocycles. The van der Waals surface area contributed by atoms with Crippen LogP contribution in [0.3, 0.4) is 0 Å². The quantitative estimate of drug-likeness (QED) is 0.771. The summed E-state index contributed by atoms with van der Waals surface area (Å²) in [5, 5.41) is 22.8. The van der Waals surface area contributed by atoms with E-state index in [1.54, 1.807) is 0 Å². The van der Waals surface area contributed by atoms with E-state index >= 15 is 0 Å². The summed E-state index contributed by atoms with van der Waals surface area (Å²) in [6, 6.07) is 2.53. The van der Waals surface area contributed by atoms with E-state index in [4.69, 9.17) is 0 Å². The van der Waals surface area contributed by atoms with Crippen molar-refractivity contribution in [3.8, 4) is 0 Å². The number of hydrogen-bond acceptors (Lipinski definition) is 3. The van der Waals surface area contributed by atoms with Crippen molar-refractivity contribution in [3.63, 3.8) is 0 Å². The maximum atomic E-state index is 14.7. The lowest BCUT2D eigenvalue weighted by molar-refractivity contribution is -0.0822. The van der Waals surface area contributed by atoms with Gasteiger partial charge in [0.25, 0.3) is 0 Å². The van der Waals surface area contributed by atoms with Crippen molar-refractivity contribution < 1.29 is 23.4 Å². The van der Waals surface area contributed by atoms with Gasteiger partial charge in [0.05, 0.1) is 12.2 Å². The number of β-amino-alcohol motifs (C(OH)–C–C–N with tert-alkyl or cyclic N) is 1. The summed E-state index contributed by atoms with van der Waals surface area (Å²) in [5.41, 5.74) is -0.713. The summed E-state index contributed by atoms with van der Waals surface area (Å²) in [5.74, 6) is -2.62. The van der Waals surface area contributed by atoms with E-state index in [0.29, 0.717) is 18.9 Å². The van der Waals surface area contributed by atoms with E-state index in [0.717, 1.165) is 12.1 Å². The summed E-state index contributed by atoms with van der Waals surface area (Å²) in [6.45, 7) is 0.196. The van der Waals surface area contributed by atoms with Gasteiger partial charge in [-0.25, -0.2) is 13.2 Å². The molecule has 0 radical (unpaired) electrons. The van der Waals surface area contributed by atoms with Gasteiger partial charge >= 0.3 is 0 Å². The maximum Gasteiger partial charge on any atom is 0.132 e. The summed E-state index contributed by atoms with van der Waals surface area (Å²) < 4.78 is 41.1. The number of rotatable bonds is 2. The Morgan fingerprint density at radius 1 is 1.15 bits per heavy atom. The molecule has 1 spiro atoms. The number of aliphatic hydroxyl groups excluding tert-OH is 2. The van der Waals surface area contributed by atoms with Crippen LogP contribution in [0, 0.1) is 17.6 Å². The van der Waals surface area contributed by atoms with Gasteiger partial charge in [0.15, 0.2) is 0 Å². The molecule has 3 N–H and O–H groups in total. The largest absolute Gasteiger partial charge is 0.390 e. The van der Waals surface area contributed by atoms with E-state index in [9.17, 15) is 23.4 Å². The monoisotopic (exact) mass is 287 g/mol. The Labute approximate surface area is 114 Å². The molecule has 1 aromatic rings. The normalized spacial score (nSPS) is 33.1. The van der Waals surface area contributed by atoms with Gasteiger partial charge in [0.1, 0.15) is 17.8 Å². The number of halogens is 3. The lowest BCUT2D eigenvalue weighted by atomic mass is 9.78. The van der Waals surface area contributed by atoms with E-state index in [1.165, 1.54) is 0 Å². The van der Waals surface area contributed by atoms with Gasteiger partial charge < -0.3 is 15.5 Å². The summed E-state index contributed by atoms with van der Waals surface area (Å²) in [6.07, 6.45) is -2.71. The van der Waals surface area contributed by atoms with Crippen molar-refractivity contribution in [1.82, 2.24) is 5.32 Å². The number of aliphatic hydroxyl groups is 2. The van der Waals surface area contributed by atoms with Crippen molar-refractivity contribution in [2.24, 2.45) is 5.92 Å². The molecule has 1 aromatic carbocycles. The first-order valence-electron chi connectivity index (χ1n) is 6.64. The van der Waals surface area contributed by atoms with Crippen LogP contribution in [0.2, 0.25) is 0 Å². The third kappa shape index (κ3) is 2.21. The molecule has 1 aliphatic heterocycles. The Hall–Kier alpha value is -1.11. The molecule has 6 heteroatoms. The van der Waals surface area contributed by atoms with Crippen LogP contribution in [0.4, 0.5) is 13.2 Å². The minimum Gasteiger partial charge on any atom is -0.390 e. The van der Waals surface area contributed by atoms with Gasteiger partial charge in [-0.05, 0) is 30.5 Å². The van der Waals surface area contributed by atoms with E-state index in [1.807, 2.05) is 0 Å². The summed E-state index contributed by atoms with van der Waals surface area (Å²) in [4.78, 5) is 0. The second-order valence-corrected chi connectivity index (χ2v) is 5.73. The lowest BCUT2D eigenvalue weighted by Crippen LogP contribution is -2.59. The molecule has 0 bridgehead atoms. The molecule has 2 fully saturated rings. The molecule has 110 valence electrons. The Morgan fingerprint density at radius 3 is 2.30 bits per heavy atom. The SMILES string of the molecule is OC1CNC2(CC2)C(C(F)c2cc(F)cc(F)c2)C1O. The predicted octanol–water partition coefficient (Wildman–Crippen LogP) is 1.45. The lowest BCUT2D eigenvalue weighted by Gasteiger charge is -2.41. The molecule has 0 aromatic heterocycles. The van der Waals surface area contributed by atoms with Crippen molar-refractivity contribution in [2.75, 3.05) is 6.54 Å². The third-order valence-corrected chi connectivity index (χ3v) is 4.37. The Bertz CT molecular complexity index is 501. The molecule has 1 saturated heterocycles. The van der Waals surface area contributed by atoms with Crippen molar-refractivity contribution in [1.29, 1.82) is 0 Å². The Balaban J connectivity index is 1.93. The molecule has 4 unspecified atom stereocenters. The second kappa shape index (κ2) is 4.72. The number of hydrogen-bond donors (Lipinski definition) is 3. The molecule has 0 amide bonds. The molecule has 3 rings (SSSR count). The Morgan fingerprint density at radius 2 is 1.75 bits per heavy atom. The van der Waals surface area contributed by atoms with Crippen LogP contribution in [-0.2, 0) is 0 Å². The fraction of sp³-hybridized carbons (Fsp3) is 0.571. The molecular weight excluding hydrogens is 271 g/mol. The summed E-state index contributed by atoms with van der Waals surface area (Å²) in [7, 11) is 0. The third-order valence-electron chi connectivity index (χ3n) is 4.37. The molecule has 3 nitrogen and oxygen atoms in total. The van der Waals surface area contributed by atoms with E-state index in [-0.39, 0.29) is 12.1 Å². The average Bonchev–Trinajstić information content (AvgIpc) is 3.14. The molecule has 2 aliphatic rings. The van der Waals surface area contributed by atoms with Crippen LogP contribution in [0.1, 0.15) is 24.6 Å². The fourth-order valence-electron chi connectivity index (χ4n) is 3.15. The van der Waals surface area contributed by atoms with Crippen LogP contribution in [0.15, 0.2) is 18.2 Å². The highest BCUT2D eigenvalue weighted by Gasteiger charge is 2.59. The molecule has 20 heavy (non-hydrogen) atoms. The van der Waals surface area contributed by atoms with Gasteiger partial charge in [-0.2, -0.15) is 0 Å². The van der Waals surface area contributed by atoms with Gasteiger partial charge in [-0.1, -0.05) is 0 Å². The van der Waals surface area contributed by atoms with Gasteiger partial charge in [0, 0.05) is 24.1 Å². The number of piperidine rings is 1. The van der Waals surface area contributed by atoms with Gasteiger partial charge in [-0.15, -0.1) is 0 Å². The smallest absolute Gasteiger partial charge is 0.132 e. The minimum absolute atomic E-state index is 0.145. The van der Waals surface area contributed by atoms with Gasteiger partial charge in [-0.3, -0.25) is 0 Å². The summed E-state index contributed by atoms with van der Waals surface area (Å²) >= 11 is 0.